The Labute approximate surface area is 134 Å². The monoisotopic (exact) mass is 309 g/mol. The molecule has 0 saturated carbocycles. The molecule has 126 valence electrons. The van der Waals surface area contributed by atoms with Gasteiger partial charge < -0.3 is 9.26 Å². The molecule has 1 atom stereocenters. The summed E-state index contributed by atoms with van der Waals surface area (Å²) in [5.74, 6) is 1.87. The molecular formula is C17H31N3O2. The Bertz CT molecular complexity index is 457. The number of rotatable bonds is 6. The van der Waals surface area contributed by atoms with E-state index >= 15 is 0 Å². The SMILES string of the molecule is CC(C)COC(C)c1noc(CN2CCCC(C)(C)CC2)n1. The van der Waals surface area contributed by atoms with Gasteiger partial charge in [0.2, 0.25) is 5.89 Å². The summed E-state index contributed by atoms with van der Waals surface area (Å²) in [6, 6.07) is 0. The minimum Gasteiger partial charge on any atom is -0.370 e. The molecule has 0 amide bonds. The Balaban J connectivity index is 1.86. The summed E-state index contributed by atoms with van der Waals surface area (Å²) < 4.78 is 11.1. The third-order valence-electron chi connectivity index (χ3n) is 4.32. The molecule has 1 aliphatic rings. The smallest absolute Gasteiger partial charge is 0.240 e. The molecule has 1 unspecified atom stereocenters. The Morgan fingerprint density at radius 2 is 2.00 bits per heavy atom. The fraction of sp³-hybridized carbons (Fsp3) is 0.882. The predicted molar refractivity (Wildman–Crippen MR) is 86.4 cm³/mol. The van der Waals surface area contributed by atoms with Gasteiger partial charge in [-0.05, 0) is 50.6 Å². The highest BCUT2D eigenvalue weighted by Crippen LogP contribution is 2.30. The fourth-order valence-corrected chi connectivity index (χ4v) is 2.74. The Kier molecular flexibility index (Phi) is 5.98. The predicted octanol–water partition coefficient (Wildman–Crippen LogP) is 3.82. The van der Waals surface area contributed by atoms with Gasteiger partial charge in [0.1, 0.15) is 6.10 Å². The van der Waals surface area contributed by atoms with Crippen LogP contribution in [-0.2, 0) is 11.3 Å². The van der Waals surface area contributed by atoms with Crippen LogP contribution in [-0.4, -0.2) is 34.7 Å². The third kappa shape index (κ3) is 5.36. The standard InChI is InChI=1S/C17H31N3O2/c1-13(2)12-21-14(3)16-18-15(22-19-16)11-20-9-6-7-17(4,5)8-10-20/h13-14H,6-12H2,1-5H3. The van der Waals surface area contributed by atoms with Gasteiger partial charge in [-0.15, -0.1) is 0 Å². The summed E-state index contributed by atoms with van der Waals surface area (Å²) in [6.45, 7) is 14.6. The quantitative estimate of drug-likeness (QED) is 0.799. The zero-order valence-electron chi connectivity index (χ0n) is 14.8. The van der Waals surface area contributed by atoms with Crippen LogP contribution in [0.5, 0.6) is 0 Å². The van der Waals surface area contributed by atoms with Crippen molar-refractivity contribution in [1.29, 1.82) is 0 Å². The highest BCUT2D eigenvalue weighted by molar-refractivity contribution is 4.90. The normalized spacial score (nSPS) is 21.0. The summed E-state index contributed by atoms with van der Waals surface area (Å²) in [7, 11) is 0. The lowest BCUT2D eigenvalue weighted by molar-refractivity contribution is 0.0402. The zero-order chi connectivity index (χ0) is 16.2. The number of hydrogen-bond donors (Lipinski definition) is 0. The van der Waals surface area contributed by atoms with Gasteiger partial charge in [-0.3, -0.25) is 4.90 Å². The molecule has 22 heavy (non-hydrogen) atoms. The highest BCUT2D eigenvalue weighted by Gasteiger charge is 2.24. The van der Waals surface area contributed by atoms with E-state index < -0.39 is 0 Å². The molecule has 0 radical (unpaired) electrons. The van der Waals surface area contributed by atoms with Crippen molar-refractivity contribution in [2.75, 3.05) is 19.7 Å². The van der Waals surface area contributed by atoms with Crippen molar-refractivity contribution in [2.45, 2.75) is 66.5 Å². The van der Waals surface area contributed by atoms with Gasteiger partial charge in [-0.2, -0.15) is 4.98 Å². The molecule has 2 heterocycles. The van der Waals surface area contributed by atoms with Gasteiger partial charge in [-0.1, -0.05) is 32.9 Å². The van der Waals surface area contributed by atoms with E-state index in [1.165, 1.54) is 19.3 Å². The Morgan fingerprint density at radius 3 is 2.73 bits per heavy atom. The number of likely N-dealkylation sites (tertiary alicyclic amines) is 1. The fourth-order valence-electron chi connectivity index (χ4n) is 2.74. The second-order valence-corrected chi connectivity index (χ2v) is 7.71. The van der Waals surface area contributed by atoms with Crippen LogP contribution in [0, 0.1) is 11.3 Å². The average molecular weight is 309 g/mol. The first kappa shape index (κ1) is 17.4. The van der Waals surface area contributed by atoms with E-state index in [2.05, 4.69) is 42.7 Å². The van der Waals surface area contributed by atoms with E-state index in [1.807, 2.05) is 6.92 Å². The second-order valence-electron chi connectivity index (χ2n) is 7.71. The van der Waals surface area contributed by atoms with Crippen molar-refractivity contribution in [2.24, 2.45) is 11.3 Å². The van der Waals surface area contributed by atoms with E-state index in [0.717, 1.165) is 19.6 Å². The van der Waals surface area contributed by atoms with E-state index in [0.29, 0.717) is 29.7 Å². The van der Waals surface area contributed by atoms with Crippen molar-refractivity contribution in [3.05, 3.63) is 11.7 Å². The van der Waals surface area contributed by atoms with Crippen LogP contribution < -0.4 is 0 Å². The number of hydrogen-bond acceptors (Lipinski definition) is 5. The van der Waals surface area contributed by atoms with Crippen LogP contribution in [0.4, 0.5) is 0 Å². The number of aromatic nitrogens is 2. The molecule has 1 aromatic rings. The molecule has 0 bridgehead atoms. The molecular weight excluding hydrogens is 278 g/mol. The van der Waals surface area contributed by atoms with Crippen molar-refractivity contribution in [3.8, 4) is 0 Å². The lowest BCUT2D eigenvalue weighted by atomic mass is 9.85. The van der Waals surface area contributed by atoms with Crippen LogP contribution in [0.25, 0.3) is 0 Å². The summed E-state index contributed by atoms with van der Waals surface area (Å²) in [6.07, 6.45) is 3.64. The molecule has 1 fully saturated rings. The Hall–Kier alpha value is -0.940. The van der Waals surface area contributed by atoms with Crippen molar-refractivity contribution < 1.29 is 9.26 Å². The lowest BCUT2D eigenvalue weighted by Crippen LogP contribution is -2.25. The number of nitrogens with zero attached hydrogens (tertiary/aromatic N) is 3. The lowest BCUT2D eigenvalue weighted by Gasteiger charge is -2.22. The number of ether oxygens (including phenoxy) is 1. The minimum absolute atomic E-state index is 0.108. The van der Waals surface area contributed by atoms with E-state index in [4.69, 9.17) is 9.26 Å². The molecule has 1 aromatic heterocycles. The summed E-state index contributed by atoms with van der Waals surface area (Å²) in [4.78, 5) is 6.93. The minimum atomic E-state index is -0.108. The molecule has 0 spiro atoms. The van der Waals surface area contributed by atoms with Crippen LogP contribution in [0.2, 0.25) is 0 Å². The van der Waals surface area contributed by atoms with Crippen molar-refractivity contribution in [1.82, 2.24) is 15.0 Å². The van der Waals surface area contributed by atoms with Crippen molar-refractivity contribution in [3.63, 3.8) is 0 Å². The van der Waals surface area contributed by atoms with E-state index in [-0.39, 0.29) is 6.10 Å². The molecule has 5 heteroatoms. The molecule has 2 rings (SSSR count). The third-order valence-corrected chi connectivity index (χ3v) is 4.32. The maximum Gasteiger partial charge on any atom is 0.240 e. The first-order chi connectivity index (χ1) is 10.4. The van der Waals surface area contributed by atoms with E-state index in [9.17, 15) is 0 Å². The average Bonchev–Trinajstić information content (AvgIpc) is 2.83. The van der Waals surface area contributed by atoms with Crippen LogP contribution in [0.1, 0.15) is 71.7 Å². The van der Waals surface area contributed by atoms with Gasteiger partial charge in [0, 0.05) is 6.61 Å². The summed E-state index contributed by atoms with van der Waals surface area (Å²) in [5, 5.41) is 4.07. The topological polar surface area (TPSA) is 51.4 Å². The zero-order valence-corrected chi connectivity index (χ0v) is 14.8. The van der Waals surface area contributed by atoms with Gasteiger partial charge in [0.25, 0.3) is 0 Å². The summed E-state index contributed by atoms with van der Waals surface area (Å²) >= 11 is 0. The van der Waals surface area contributed by atoms with Crippen LogP contribution in [0.3, 0.4) is 0 Å². The van der Waals surface area contributed by atoms with Gasteiger partial charge in [-0.25, -0.2) is 0 Å². The van der Waals surface area contributed by atoms with Crippen LogP contribution >= 0.6 is 0 Å². The molecule has 1 saturated heterocycles. The van der Waals surface area contributed by atoms with Gasteiger partial charge in [0.05, 0.1) is 6.54 Å². The van der Waals surface area contributed by atoms with Gasteiger partial charge in [0.15, 0.2) is 5.82 Å². The summed E-state index contributed by atoms with van der Waals surface area (Å²) in [5.41, 5.74) is 0.452. The largest absolute Gasteiger partial charge is 0.370 e. The first-order valence-corrected chi connectivity index (χ1v) is 8.52. The molecule has 1 aliphatic heterocycles. The maximum atomic E-state index is 5.74. The van der Waals surface area contributed by atoms with E-state index in [1.54, 1.807) is 0 Å². The Morgan fingerprint density at radius 1 is 1.23 bits per heavy atom. The van der Waals surface area contributed by atoms with Crippen molar-refractivity contribution >= 4 is 0 Å². The maximum absolute atomic E-state index is 5.74. The first-order valence-electron chi connectivity index (χ1n) is 8.52. The molecule has 0 aromatic carbocycles. The van der Waals surface area contributed by atoms with Gasteiger partial charge >= 0.3 is 0 Å². The highest BCUT2D eigenvalue weighted by atomic mass is 16.5. The molecule has 0 aliphatic carbocycles. The van der Waals surface area contributed by atoms with Crippen LogP contribution in [0.15, 0.2) is 4.52 Å². The molecule has 0 N–H and O–H groups in total. The second kappa shape index (κ2) is 7.55. The molecule has 5 nitrogen and oxygen atoms in total.